The Hall–Kier alpha value is -1.73. The van der Waals surface area contributed by atoms with Crippen molar-refractivity contribution in [2.24, 2.45) is 0 Å². The van der Waals surface area contributed by atoms with Gasteiger partial charge in [-0.1, -0.05) is 17.5 Å². The molecule has 7 nitrogen and oxygen atoms in total. The summed E-state index contributed by atoms with van der Waals surface area (Å²) in [5.74, 6) is 1.27. The molecule has 1 saturated heterocycles. The van der Waals surface area contributed by atoms with E-state index in [9.17, 15) is 22.9 Å². The third kappa shape index (κ3) is 3.61. The van der Waals surface area contributed by atoms with E-state index in [1.807, 2.05) is 4.90 Å². The third-order valence-corrected chi connectivity index (χ3v) is 5.68. The Morgan fingerprint density at radius 3 is 2.48 bits per heavy atom. The van der Waals surface area contributed by atoms with Gasteiger partial charge in [0.2, 0.25) is 10.0 Å². The number of benzene rings is 1. The number of halogens is 2. The molecule has 2 rings (SSSR count). The Kier molecular flexibility index (Phi) is 5.21. The van der Waals surface area contributed by atoms with Crippen LogP contribution in [-0.4, -0.2) is 55.3 Å². The summed E-state index contributed by atoms with van der Waals surface area (Å²) < 4.78 is 40.2. The van der Waals surface area contributed by atoms with Crippen LogP contribution in [0, 0.1) is 28.3 Å². The maximum absolute atomic E-state index is 14.0. The zero-order chi connectivity index (χ0) is 17.2. The van der Waals surface area contributed by atoms with Crippen LogP contribution < -0.4 is 0 Å². The Balaban J connectivity index is 2.29. The monoisotopic (exact) mass is 361 g/mol. The molecule has 0 aromatic heterocycles. The largest absolute Gasteiger partial charge is 0.290 e. The van der Waals surface area contributed by atoms with Crippen LogP contribution in [0.5, 0.6) is 0 Å². The molecule has 0 N–H and O–H groups in total. The highest BCUT2D eigenvalue weighted by atomic mass is 35.5. The second-order valence-corrected chi connectivity index (χ2v) is 7.19. The molecule has 10 heteroatoms. The van der Waals surface area contributed by atoms with E-state index in [0.717, 1.165) is 10.4 Å². The number of sulfonamides is 1. The summed E-state index contributed by atoms with van der Waals surface area (Å²) in [4.78, 5) is 11.1. The number of nitro groups is 1. The van der Waals surface area contributed by atoms with Gasteiger partial charge in [-0.25, -0.2) is 12.8 Å². The smallest absolute Gasteiger partial charge is 0.290 e. The van der Waals surface area contributed by atoms with Crippen molar-refractivity contribution in [3.05, 3.63) is 33.1 Å². The van der Waals surface area contributed by atoms with Gasteiger partial charge in [-0.2, -0.15) is 4.31 Å². The van der Waals surface area contributed by atoms with Crippen LogP contribution in [0.25, 0.3) is 0 Å². The number of hydrogen-bond acceptors (Lipinski definition) is 5. The maximum Gasteiger partial charge on any atom is 0.290 e. The highest BCUT2D eigenvalue weighted by Crippen LogP contribution is 2.31. The molecule has 1 heterocycles. The second kappa shape index (κ2) is 6.80. The van der Waals surface area contributed by atoms with Crippen LogP contribution in [0.1, 0.15) is 0 Å². The number of terminal acetylenes is 1. The zero-order valence-electron chi connectivity index (χ0n) is 11.9. The molecule has 0 amide bonds. The van der Waals surface area contributed by atoms with Crippen LogP contribution in [0.4, 0.5) is 10.1 Å². The summed E-state index contributed by atoms with van der Waals surface area (Å²) in [5.41, 5.74) is -0.679. The molecule has 1 aliphatic rings. The summed E-state index contributed by atoms with van der Waals surface area (Å²) in [7, 11) is -4.12. The van der Waals surface area contributed by atoms with Crippen LogP contribution in [-0.2, 0) is 10.0 Å². The minimum Gasteiger partial charge on any atom is -0.290 e. The normalized spacial score (nSPS) is 16.9. The predicted molar refractivity (Wildman–Crippen MR) is 82.1 cm³/mol. The van der Waals surface area contributed by atoms with Gasteiger partial charge < -0.3 is 0 Å². The summed E-state index contributed by atoms with van der Waals surface area (Å²) in [6.45, 7) is 1.55. The highest BCUT2D eigenvalue weighted by molar-refractivity contribution is 7.89. The summed E-state index contributed by atoms with van der Waals surface area (Å²) in [6.07, 6.45) is 5.20. The van der Waals surface area contributed by atoms with E-state index < -0.39 is 36.4 Å². The van der Waals surface area contributed by atoms with Crippen molar-refractivity contribution in [2.45, 2.75) is 4.90 Å². The average Bonchev–Trinajstić information content (AvgIpc) is 2.49. The molecule has 1 aliphatic heterocycles. The number of nitrogens with zero attached hydrogens (tertiary/aromatic N) is 3. The fraction of sp³-hybridized carbons (Fsp3) is 0.385. The van der Waals surface area contributed by atoms with Gasteiger partial charge in [0.1, 0.15) is 15.7 Å². The van der Waals surface area contributed by atoms with Crippen molar-refractivity contribution in [1.82, 2.24) is 9.21 Å². The molecule has 1 aromatic rings. The van der Waals surface area contributed by atoms with E-state index in [-0.39, 0.29) is 13.1 Å². The van der Waals surface area contributed by atoms with Crippen molar-refractivity contribution in [3.8, 4) is 12.3 Å². The lowest BCUT2D eigenvalue weighted by atomic mass is 10.3. The van der Waals surface area contributed by atoms with Gasteiger partial charge in [-0.15, -0.1) is 6.42 Å². The Morgan fingerprint density at radius 2 is 1.96 bits per heavy atom. The quantitative estimate of drug-likeness (QED) is 0.459. The van der Waals surface area contributed by atoms with Crippen molar-refractivity contribution < 1.29 is 17.7 Å². The van der Waals surface area contributed by atoms with Crippen molar-refractivity contribution >= 4 is 27.3 Å². The molecule has 0 saturated carbocycles. The fourth-order valence-electron chi connectivity index (χ4n) is 2.25. The van der Waals surface area contributed by atoms with Crippen molar-refractivity contribution in [2.75, 3.05) is 32.7 Å². The van der Waals surface area contributed by atoms with Gasteiger partial charge in [0.25, 0.3) is 5.69 Å². The van der Waals surface area contributed by atoms with E-state index in [0.29, 0.717) is 25.7 Å². The number of hydrogen-bond donors (Lipinski definition) is 0. The van der Waals surface area contributed by atoms with Crippen LogP contribution in [0.3, 0.4) is 0 Å². The lowest BCUT2D eigenvalue weighted by Crippen LogP contribution is -2.48. The molecule has 0 atom stereocenters. The van der Waals surface area contributed by atoms with E-state index in [1.165, 1.54) is 0 Å². The van der Waals surface area contributed by atoms with Gasteiger partial charge in [0.15, 0.2) is 0 Å². The van der Waals surface area contributed by atoms with Gasteiger partial charge in [0.05, 0.1) is 17.5 Å². The summed E-state index contributed by atoms with van der Waals surface area (Å²) >= 11 is 5.68. The predicted octanol–water partition coefficient (Wildman–Crippen LogP) is 1.33. The lowest BCUT2D eigenvalue weighted by Gasteiger charge is -2.32. The minimum atomic E-state index is -4.12. The Bertz CT molecular complexity index is 770. The minimum absolute atomic E-state index is 0.151. The molecule has 23 heavy (non-hydrogen) atoms. The SMILES string of the molecule is C#CCN1CCN(S(=O)(=O)c2cc(Cl)c([N+](=O)[O-])cc2F)CC1. The van der Waals surface area contributed by atoms with Gasteiger partial charge in [0, 0.05) is 26.2 Å². The van der Waals surface area contributed by atoms with Gasteiger partial charge in [-0.3, -0.25) is 15.0 Å². The maximum atomic E-state index is 14.0. The number of nitro benzene ring substituents is 1. The molecule has 124 valence electrons. The van der Waals surface area contributed by atoms with Gasteiger partial charge >= 0.3 is 0 Å². The average molecular weight is 362 g/mol. The fourth-order valence-corrected chi connectivity index (χ4v) is 4.04. The molecule has 0 bridgehead atoms. The zero-order valence-corrected chi connectivity index (χ0v) is 13.5. The summed E-state index contributed by atoms with van der Waals surface area (Å²) in [6, 6.07) is 1.29. The molecular weight excluding hydrogens is 349 g/mol. The van der Waals surface area contributed by atoms with Crippen LogP contribution in [0.2, 0.25) is 5.02 Å². The molecule has 1 fully saturated rings. The lowest BCUT2D eigenvalue weighted by molar-refractivity contribution is -0.384. The first-order valence-corrected chi connectivity index (χ1v) is 8.38. The van der Waals surface area contributed by atoms with Crippen molar-refractivity contribution in [1.29, 1.82) is 0 Å². The van der Waals surface area contributed by atoms with E-state index in [4.69, 9.17) is 18.0 Å². The first kappa shape index (κ1) is 17.6. The van der Waals surface area contributed by atoms with E-state index in [1.54, 1.807) is 0 Å². The Morgan fingerprint density at radius 1 is 1.35 bits per heavy atom. The van der Waals surface area contributed by atoms with Crippen molar-refractivity contribution in [3.63, 3.8) is 0 Å². The first-order valence-electron chi connectivity index (χ1n) is 6.56. The van der Waals surface area contributed by atoms with E-state index >= 15 is 0 Å². The molecule has 0 radical (unpaired) electrons. The topological polar surface area (TPSA) is 83.8 Å². The van der Waals surface area contributed by atoms with E-state index in [2.05, 4.69) is 5.92 Å². The molecule has 0 aliphatic carbocycles. The second-order valence-electron chi connectivity index (χ2n) is 4.88. The molecule has 0 spiro atoms. The van der Waals surface area contributed by atoms with Gasteiger partial charge in [-0.05, 0) is 6.07 Å². The number of piperazine rings is 1. The first-order chi connectivity index (χ1) is 10.8. The van der Waals surface area contributed by atoms with Crippen LogP contribution >= 0.6 is 11.6 Å². The molecule has 0 unspecified atom stereocenters. The summed E-state index contributed by atoms with van der Waals surface area (Å²) in [5, 5.41) is 10.3. The Labute approximate surface area is 137 Å². The highest BCUT2D eigenvalue weighted by Gasteiger charge is 2.32. The van der Waals surface area contributed by atoms with Crippen LogP contribution in [0.15, 0.2) is 17.0 Å². The molecule has 1 aromatic carbocycles. The molecular formula is C13H13ClFN3O4S. The third-order valence-electron chi connectivity index (χ3n) is 3.46. The standard InChI is InChI=1S/C13H13ClFN3O4S/c1-2-3-16-4-6-17(7-5-16)23(21,22)13-8-10(14)12(18(19)20)9-11(13)15/h1,8-9H,3-7H2. The number of rotatable bonds is 4.